The standard InChI is InChI=1S/C25H28N2O/c1-19(21-8-4-3-5-9-21)27-16-14-20(15-17-27)12-13-25(28)23-18-26(2)24-11-7-6-10-22(23)24/h3-13,18-20H,14-17H2,1-2H3. The maximum Gasteiger partial charge on any atom is 0.187 e. The number of likely N-dealkylation sites (tertiary alicyclic amines) is 1. The van der Waals surface area contributed by atoms with Gasteiger partial charge in [0, 0.05) is 35.8 Å². The molecule has 2 aromatic carbocycles. The fraction of sp³-hybridized carbons (Fsp3) is 0.320. The molecule has 0 amide bonds. The van der Waals surface area contributed by atoms with Crippen molar-refractivity contribution in [2.75, 3.05) is 13.1 Å². The van der Waals surface area contributed by atoms with Crippen LogP contribution in [0, 0.1) is 5.92 Å². The van der Waals surface area contributed by atoms with E-state index in [0.29, 0.717) is 12.0 Å². The molecule has 4 rings (SSSR count). The fourth-order valence-electron chi connectivity index (χ4n) is 4.29. The number of fused-ring (bicyclic) bond motifs is 1. The van der Waals surface area contributed by atoms with Gasteiger partial charge in [-0.25, -0.2) is 0 Å². The summed E-state index contributed by atoms with van der Waals surface area (Å²) in [5, 5.41) is 1.03. The Morgan fingerprint density at radius 3 is 2.46 bits per heavy atom. The molecule has 0 saturated carbocycles. The number of allylic oxidation sites excluding steroid dienone is 2. The van der Waals surface area contributed by atoms with E-state index in [2.05, 4.69) is 54.3 Å². The summed E-state index contributed by atoms with van der Waals surface area (Å²) in [6.07, 6.45) is 8.09. The minimum atomic E-state index is 0.108. The maximum absolute atomic E-state index is 12.8. The van der Waals surface area contributed by atoms with Crippen LogP contribution in [-0.2, 0) is 7.05 Å². The van der Waals surface area contributed by atoms with E-state index < -0.39 is 0 Å². The summed E-state index contributed by atoms with van der Waals surface area (Å²) in [6, 6.07) is 19.2. The lowest BCUT2D eigenvalue weighted by molar-refractivity contribution is 0.104. The van der Waals surface area contributed by atoms with E-state index in [-0.39, 0.29) is 5.78 Å². The largest absolute Gasteiger partial charge is 0.350 e. The molecular formula is C25H28N2O. The molecule has 3 nitrogen and oxygen atoms in total. The molecule has 2 heterocycles. The lowest BCUT2D eigenvalue weighted by atomic mass is 9.93. The molecule has 1 aliphatic rings. The van der Waals surface area contributed by atoms with E-state index >= 15 is 0 Å². The van der Waals surface area contributed by atoms with Gasteiger partial charge in [-0.05, 0) is 56.5 Å². The number of benzene rings is 2. The van der Waals surface area contributed by atoms with Crippen LogP contribution in [0.15, 0.2) is 72.9 Å². The molecule has 28 heavy (non-hydrogen) atoms. The minimum Gasteiger partial charge on any atom is -0.350 e. The summed E-state index contributed by atoms with van der Waals surface area (Å²) in [6.45, 7) is 4.44. The van der Waals surface area contributed by atoms with Crippen molar-refractivity contribution in [3.8, 4) is 0 Å². The van der Waals surface area contributed by atoms with Crippen molar-refractivity contribution < 1.29 is 4.79 Å². The van der Waals surface area contributed by atoms with Crippen LogP contribution in [0.25, 0.3) is 10.9 Å². The summed E-state index contributed by atoms with van der Waals surface area (Å²) in [4.78, 5) is 15.3. The van der Waals surface area contributed by atoms with Gasteiger partial charge < -0.3 is 4.57 Å². The van der Waals surface area contributed by atoms with Gasteiger partial charge in [-0.1, -0.05) is 54.6 Å². The highest BCUT2D eigenvalue weighted by molar-refractivity contribution is 6.13. The van der Waals surface area contributed by atoms with Gasteiger partial charge in [-0.15, -0.1) is 0 Å². The fourth-order valence-corrected chi connectivity index (χ4v) is 4.29. The van der Waals surface area contributed by atoms with Crippen LogP contribution in [0.2, 0.25) is 0 Å². The van der Waals surface area contributed by atoms with Crippen LogP contribution in [0.1, 0.15) is 41.7 Å². The third-order valence-corrected chi connectivity index (χ3v) is 6.09. The van der Waals surface area contributed by atoms with E-state index in [9.17, 15) is 4.79 Å². The first-order valence-corrected chi connectivity index (χ1v) is 10.2. The second-order valence-electron chi connectivity index (χ2n) is 7.85. The number of nitrogens with zero attached hydrogens (tertiary/aromatic N) is 2. The third-order valence-electron chi connectivity index (χ3n) is 6.09. The predicted octanol–water partition coefficient (Wildman–Crippen LogP) is 5.39. The lowest BCUT2D eigenvalue weighted by Crippen LogP contribution is -2.35. The monoisotopic (exact) mass is 372 g/mol. The zero-order chi connectivity index (χ0) is 19.5. The normalized spacial score (nSPS) is 17.4. The van der Waals surface area contributed by atoms with Crippen molar-refractivity contribution in [1.29, 1.82) is 0 Å². The van der Waals surface area contributed by atoms with E-state index in [1.54, 1.807) is 6.08 Å². The Bertz CT molecular complexity index is 978. The number of piperidine rings is 1. The zero-order valence-corrected chi connectivity index (χ0v) is 16.7. The Kier molecular flexibility index (Phi) is 5.45. The molecule has 0 bridgehead atoms. The van der Waals surface area contributed by atoms with Crippen LogP contribution >= 0.6 is 0 Å². The van der Waals surface area contributed by atoms with Gasteiger partial charge in [-0.3, -0.25) is 9.69 Å². The molecule has 1 saturated heterocycles. The third kappa shape index (κ3) is 3.81. The Hall–Kier alpha value is -2.65. The number of hydrogen-bond acceptors (Lipinski definition) is 2. The summed E-state index contributed by atoms with van der Waals surface area (Å²) < 4.78 is 2.03. The van der Waals surface area contributed by atoms with Gasteiger partial charge in [0.15, 0.2) is 5.78 Å². The van der Waals surface area contributed by atoms with Crippen LogP contribution in [-0.4, -0.2) is 28.3 Å². The second kappa shape index (κ2) is 8.15. The van der Waals surface area contributed by atoms with Crippen molar-refractivity contribution >= 4 is 16.7 Å². The Morgan fingerprint density at radius 2 is 1.71 bits per heavy atom. The molecule has 1 unspecified atom stereocenters. The molecule has 0 N–H and O–H groups in total. The number of para-hydroxylation sites is 1. The van der Waals surface area contributed by atoms with E-state index in [1.807, 2.05) is 36.0 Å². The van der Waals surface area contributed by atoms with Crippen LogP contribution in [0.4, 0.5) is 0 Å². The Morgan fingerprint density at radius 1 is 1.04 bits per heavy atom. The topological polar surface area (TPSA) is 25.2 Å². The Labute approximate surface area is 167 Å². The summed E-state index contributed by atoms with van der Waals surface area (Å²) in [5.74, 6) is 0.593. The van der Waals surface area contributed by atoms with Crippen molar-refractivity contribution in [2.45, 2.75) is 25.8 Å². The van der Waals surface area contributed by atoms with Gasteiger partial charge in [0.2, 0.25) is 0 Å². The number of hydrogen-bond donors (Lipinski definition) is 0. The molecule has 0 spiro atoms. The van der Waals surface area contributed by atoms with Gasteiger partial charge >= 0.3 is 0 Å². The molecular weight excluding hydrogens is 344 g/mol. The van der Waals surface area contributed by atoms with E-state index in [1.165, 1.54) is 5.56 Å². The number of aromatic nitrogens is 1. The smallest absolute Gasteiger partial charge is 0.187 e. The molecule has 3 heteroatoms. The van der Waals surface area contributed by atoms with E-state index in [0.717, 1.165) is 42.4 Å². The van der Waals surface area contributed by atoms with Gasteiger partial charge in [-0.2, -0.15) is 0 Å². The summed E-state index contributed by atoms with van der Waals surface area (Å²) in [5.41, 5.74) is 3.27. The second-order valence-corrected chi connectivity index (χ2v) is 7.85. The zero-order valence-electron chi connectivity index (χ0n) is 16.7. The van der Waals surface area contributed by atoms with Crippen molar-refractivity contribution in [3.05, 3.63) is 84.1 Å². The number of aryl methyl sites for hydroxylation is 1. The van der Waals surface area contributed by atoms with E-state index in [4.69, 9.17) is 0 Å². The minimum absolute atomic E-state index is 0.108. The molecule has 1 aliphatic heterocycles. The number of carbonyl (C=O) groups excluding carboxylic acids is 1. The average molecular weight is 373 g/mol. The molecule has 1 fully saturated rings. The van der Waals surface area contributed by atoms with Crippen molar-refractivity contribution in [1.82, 2.24) is 9.47 Å². The van der Waals surface area contributed by atoms with Crippen molar-refractivity contribution in [2.24, 2.45) is 13.0 Å². The SMILES string of the molecule is CC(c1ccccc1)N1CCC(C=CC(=O)c2cn(C)c3ccccc23)CC1. The first-order valence-electron chi connectivity index (χ1n) is 10.2. The molecule has 0 radical (unpaired) electrons. The van der Waals surface area contributed by atoms with Crippen LogP contribution < -0.4 is 0 Å². The molecule has 1 atom stereocenters. The maximum atomic E-state index is 12.8. The molecule has 3 aromatic rings. The lowest BCUT2D eigenvalue weighted by Gasteiger charge is -2.35. The molecule has 144 valence electrons. The van der Waals surface area contributed by atoms with Crippen LogP contribution in [0.3, 0.4) is 0 Å². The Balaban J connectivity index is 1.38. The first-order chi connectivity index (χ1) is 13.6. The van der Waals surface area contributed by atoms with Gasteiger partial charge in [0.25, 0.3) is 0 Å². The summed E-state index contributed by atoms with van der Waals surface area (Å²) in [7, 11) is 1.99. The summed E-state index contributed by atoms with van der Waals surface area (Å²) >= 11 is 0. The highest BCUT2D eigenvalue weighted by Crippen LogP contribution is 2.27. The van der Waals surface area contributed by atoms with Gasteiger partial charge in [0.05, 0.1) is 0 Å². The quantitative estimate of drug-likeness (QED) is 0.443. The van der Waals surface area contributed by atoms with Crippen LogP contribution in [0.5, 0.6) is 0 Å². The molecule has 0 aliphatic carbocycles. The highest BCUT2D eigenvalue weighted by Gasteiger charge is 2.22. The number of carbonyl (C=O) groups is 1. The highest BCUT2D eigenvalue weighted by atomic mass is 16.1. The number of ketones is 1. The predicted molar refractivity (Wildman–Crippen MR) is 116 cm³/mol. The number of rotatable bonds is 5. The van der Waals surface area contributed by atoms with Gasteiger partial charge in [0.1, 0.15) is 0 Å². The first kappa shape index (κ1) is 18.7. The molecule has 1 aromatic heterocycles. The van der Waals surface area contributed by atoms with Crippen molar-refractivity contribution in [3.63, 3.8) is 0 Å². The average Bonchev–Trinajstić information content (AvgIpc) is 3.09.